The standard InChI is InChI=1S/C7H3BrN2O3S/c8-5-2-9-6(14-5)3-1-4(7(11)12)13-10-3/h1-2H,(H,11,12). The van der Waals surface area contributed by atoms with Crippen LogP contribution in [-0.2, 0) is 0 Å². The Morgan fingerprint density at radius 2 is 2.43 bits per heavy atom. The molecule has 5 nitrogen and oxygen atoms in total. The van der Waals surface area contributed by atoms with E-state index in [4.69, 9.17) is 5.11 Å². The molecule has 0 aliphatic rings. The third-order valence-electron chi connectivity index (χ3n) is 1.42. The van der Waals surface area contributed by atoms with Gasteiger partial charge in [0.25, 0.3) is 0 Å². The molecule has 0 bridgehead atoms. The van der Waals surface area contributed by atoms with E-state index in [1.165, 1.54) is 17.4 Å². The molecule has 2 aromatic heterocycles. The lowest BCUT2D eigenvalue weighted by Crippen LogP contribution is -1.91. The summed E-state index contributed by atoms with van der Waals surface area (Å²) in [6.07, 6.45) is 1.62. The van der Waals surface area contributed by atoms with Gasteiger partial charge in [-0.1, -0.05) is 5.16 Å². The van der Waals surface area contributed by atoms with E-state index >= 15 is 0 Å². The first-order valence-corrected chi connectivity index (χ1v) is 5.09. The van der Waals surface area contributed by atoms with Crippen molar-refractivity contribution in [2.45, 2.75) is 0 Å². The highest BCUT2D eigenvalue weighted by Crippen LogP contribution is 2.27. The fraction of sp³-hybridized carbons (Fsp3) is 0. The molecule has 0 unspecified atom stereocenters. The molecule has 0 spiro atoms. The van der Waals surface area contributed by atoms with Crippen LogP contribution in [-0.4, -0.2) is 21.2 Å². The second-order valence-corrected chi connectivity index (χ2v) is 4.76. The summed E-state index contributed by atoms with van der Waals surface area (Å²) in [4.78, 5) is 14.5. The SMILES string of the molecule is O=C(O)c1cc(-c2ncc(Br)s2)no1. The summed E-state index contributed by atoms with van der Waals surface area (Å²) in [7, 11) is 0. The van der Waals surface area contributed by atoms with Gasteiger partial charge in [-0.15, -0.1) is 11.3 Å². The van der Waals surface area contributed by atoms with Gasteiger partial charge in [-0.3, -0.25) is 0 Å². The first-order valence-electron chi connectivity index (χ1n) is 3.48. The minimum Gasteiger partial charge on any atom is -0.475 e. The molecule has 0 radical (unpaired) electrons. The number of aromatic carboxylic acids is 1. The van der Waals surface area contributed by atoms with Crippen LogP contribution in [0.1, 0.15) is 10.6 Å². The summed E-state index contributed by atoms with van der Waals surface area (Å²) in [6, 6.07) is 1.34. The summed E-state index contributed by atoms with van der Waals surface area (Å²) < 4.78 is 5.45. The Hall–Kier alpha value is -1.21. The van der Waals surface area contributed by atoms with Crippen LogP contribution < -0.4 is 0 Å². The highest BCUT2D eigenvalue weighted by atomic mass is 79.9. The van der Waals surface area contributed by atoms with Crippen molar-refractivity contribution in [2.75, 3.05) is 0 Å². The number of hydrogen-bond acceptors (Lipinski definition) is 5. The van der Waals surface area contributed by atoms with E-state index in [-0.39, 0.29) is 5.76 Å². The van der Waals surface area contributed by atoms with Gasteiger partial charge < -0.3 is 9.63 Å². The van der Waals surface area contributed by atoms with Gasteiger partial charge in [0, 0.05) is 6.07 Å². The number of carboxylic acid groups (broad SMARTS) is 1. The molecule has 0 aromatic carbocycles. The molecule has 7 heteroatoms. The molecular weight excluding hydrogens is 272 g/mol. The molecule has 1 N–H and O–H groups in total. The molecule has 2 heterocycles. The molecule has 0 amide bonds. The van der Waals surface area contributed by atoms with Gasteiger partial charge in [0.05, 0.1) is 9.98 Å². The van der Waals surface area contributed by atoms with Gasteiger partial charge in [0.15, 0.2) is 0 Å². The van der Waals surface area contributed by atoms with Crippen molar-refractivity contribution in [3.05, 3.63) is 21.8 Å². The molecule has 0 saturated heterocycles. The van der Waals surface area contributed by atoms with Crippen LogP contribution in [0.15, 0.2) is 20.6 Å². The second kappa shape index (κ2) is 3.50. The molecular formula is C7H3BrN2O3S. The lowest BCUT2D eigenvalue weighted by molar-refractivity contribution is 0.0652. The predicted octanol–water partition coefficient (Wildman–Crippen LogP) is 2.26. The van der Waals surface area contributed by atoms with Crippen LogP contribution >= 0.6 is 27.3 Å². The van der Waals surface area contributed by atoms with E-state index in [0.717, 1.165) is 3.79 Å². The van der Waals surface area contributed by atoms with Gasteiger partial charge in [-0.05, 0) is 15.9 Å². The summed E-state index contributed by atoms with van der Waals surface area (Å²) >= 11 is 4.60. The monoisotopic (exact) mass is 274 g/mol. The fourth-order valence-corrected chi connectivity index (χ4v) is 2.01. The Morgan fingerprint density at radius 1 is 1.64 bits per heavy atom. The molecule has 72 valence electrons. The Balaban J connectivity index is 2.38. The number of halogens is 1. The van der Waals surface area contributed by atoms with E-state index in [1.54, 1.807) is 6.20 Å². The molecule has 2 aromatic rings. The van der Waals surface area contributed by atoms with Crippen LogP contribution in [0.3, 0.4) is 0 Å². The molecule has 0 fully saturated rings. The second-order valence-electron chi connectivity index (χ2n) is 2.35. The number of rotatable bonds is 2. The Labute approximate surface area is 90.5 Å². The first kappa shape index (κ1) is 9.35. The third-order valence-corrected chi connectivity index (χ3v) is 2.92. The van der Waals surface area contributed by atoms with Crippen molar-refractivity contribution in [3.63, 3.8) is 0 Å². The quantitative estimate of drug-likeness (QED) is 0.909. The van der Waals surface area contributed by atoms with Gasteiger partial charge >= 0.3 is 5.97 Å². The van der Waals surface area contributed by atoms with E-state index in [9.17, 15) is 4.79 Å². The van der Waals surface area contributed by atoms with Crippen molar-refractivity contribution in [1.82, 2.24) is 10.1 Å². The average Bonchev–Trinajstić information content (AvgIpc) is 2.70. The van der Waals surface area contributed by atoms with Gasteiger partial charge in [0.1, 0.15) is 10.7 Å². The highest BCUT2D eigenvalue weighted by Gasteiger charge is 2.14. The molecule has 0 aliphatic heterocycles. The number of carbonyl (C=O) groups is 1. The van der Waals surface area contributed by atoms with Crippen molar-refractivity contribution in [2.24, 2.45) is 0 Å². The van der Waals surface area contributed by atoms with Gasteiger partial charge in [-0.25, -0.2) is 9.78 Å². The third kappa shape index (κ3) is 1.68. The lowest BCUT2D eigenvalue weighted by Gasteiger charge is -1.81. The maximum absolute atomic E-state index is 10.5. The van der Waals surface area contributed by atoms with Crippen molar-refractivity contribution in [3.8, 4) is 10.7 Å². The van der Waals surface area contributed by atoms with Crippen LogP contribution in [0, 0.1) is 0 Å². The summed E-state index contributed by atoms with van der Waals surface area (Å²) in [6.45, 7) is 0. The van der Waals surface area contributed by atoms with Crippen LogP contribution in [0.2, 0.25) is 0 Å². The summed E-state index contributed by atoms with van der Waals surface area (Å²) in [5.41, 5.74) is 0.429. The van der Waals surface area contributed by atoms with Crippen LogP contribution in [0.25, 0.3) is 10.7 Å². The normalized spacial score (nSPS) is 10.4. The maximum Gasteiger partial charge on any atom is 0.374 e. The van der Waals surface area contributed by atoms with E-state index in [1.807, 2.05) is 0 Å². The van der Waals surface area contributed by atoms with E-state index < -0.39 is 5.97 Å². The van der Waals surface area contributed by atoms with Crippen molar-refractivity contribution < 1.29 is 14.4 Å². The van der Waals surface area contributed by atoms with Gasteiger partial charge in [-0.2, -0.15) is 0 Å². The molecule has 0 aliphatic carbocycles. The minimum atomic E-state index is -1.14. The lowest BCUT2D eigenvalue weighted by atomic mass is 10.4. The number of nitrogens with zero attached hydrogens (tertiary/aromatic N) is 2. The Bertz CT molecular complexity index is 479. The summed E-state index contributed by atoms with van der Waals surface area (Å²) in [5.74, 6) is -1.33. The maximum atomic E-state index is 10.5. The zero-order valence-corrected chi connectivity index (χ0v) is 9.00. The zero-order valence-electron chi connectivity index (χ0n) is 6.60. The number of aromatic nitrogens is 2. The largest absolute Gasteiger partial charge is 0.475 e. The molecule has 0 saturated carbocycles. The Morgan fingerprint density at radius 3 is 2.93 bits per heavy atom. The molecule has 2 rings (SSSR count). The minimum absolute atomic E-state index is 0.189. The average molecular weight is 275 g/mol. The Kier molecular flexibility index (Phi) is 2.34. The molecule has 14 heavy (non-hydrogen) atoms. The number of thiazole rings is 1. The summed E-state index contributed by atoms with van der Waals surface area (Å²) in [5, 5.41) is 12.8. The number of hydrogen-bond donors (Lipinski definition) is 1. The topological polar surface area (TPSA) is 76.2 Å². The first-order chi connectivity index (χ1) is 6.66. The van der Waals surface area contributed by atoms with E-state index in [2.05, 4.69) is 30.6 Å². The van der Waals surface area contributed by atoms with Crippen molar-refractivity contribution >= 4 is 33.2 Å². The fourth-order valence-electron chi connectivity index (χ4n) is 0.850. The zero-order chi connectivity index (χ0) is 10.1. The predicted molar refractivity (Wildman–Crippen MR) is 52.3 cm³/mol. The van der Waals surface area contributed by atoms with E-state index in [0.29, 0.717) is 10.7 Å². The molecule has 0 atom stereocenters. The van der Waals surface area contributed by atoms with Gasteiger partial charge in [0.2, 0.25) is 5.76 Å². The van der Waals surface area contributed by atoms with Crippen LogP contribution in [0.4, 0.5) is 0 Å². The van der Waals surface area contributed by atoms with Crippen LogP contribution in [0.5, 0.6) is 0 Å². The van der Waals surface area contributed by atoms with Crippen molar-refractivity contribution in [1.29, 1.82) is 0 Å². The smallest absolute Gasteiger partial charge is 0.374 e. The number of carboxylic acids is 1. The highest BCUT2D eigenvalue weighted by molar-refractivity contribution is 9.11.